The Morgan fingerprint density at radius 2 is 1.91 bits per heavy atom. The van der Waals surface area contributed by atoms with Crippen LogP contribution in [0.5, 0.6) is 0 Å². The second-order valence-electron chi connectivity index (χ2n) is 3.08. The second kappa shape index (κ2) is 4.31. The Balaban J connectivity index is 4.01. The quantitative estimate of drug-likeness (QED) is 0.575. The van der Waals surface area contributed by atoms with Crippen molar-refractivity contribution in [2.24, 2.45) is 5.92 Å². The standard InChI is InChI=1S/C7H16N2O2/c1-5(2)6(7(10)11)8-9(3)4/h5-6,8H,1-4H3,(H,10,11). The van der Waals surface area contributed by atoms with Crippen molar-refractivity contribution in [1.29, 1.82) is 0 Å². The van der Waals surface area contributed by atoms with Gasteiger partial charge in [-0.2, -0.15) is 0 Å². The number of carboxylic acids is 1. The van der Waals surface area contributed by atoms with Gasteiger partial charge in [0.15, 0.2) is 0 Å². The summed E-state index contributed by atoms with van der Waals surface area (Å²) < 4.78 is 0. The molecule has 0 saturated carbocycles. The fourth-order valence-corrected chi connectivity index (χ4v) is 0.768. The molecule has 1 unspecified atom stereocenters. The maximum absolute atomic E-state index is 10.6. The SMILES string of the molecule is CC(C)C(NN(C)C)C(=O)O. The molecule has 0 aromatic rings. The van der Waals surface area contributed by atoms with Crippen LogP contribution >= 0.6 is 0 Å². The van der Waals surface area contributed by atoms with Gasteiger partial charge in [0.1, 0.15) is 6.04 Å². The van der Waals surface area contributed by atoms with E-state index in [1.807, 2.05) is 13.8 Å². The van der Waals surface area contributed by atoms with Gasteiger partial charge in [0.05, 0.1) is 0 Å². The van der Waals surface area contributed by atoms with E-state index in [0.717, 1.165) is 0 Å². The summed E-state index contributed by atoms with van der Waals surface area (Å²) in [5.74, 6) is -0.719. The number of hydrogen-bond donors (Lipinski definition) is 2. The zero-order valence-corrected chi connectivity index (χ0v) is 7.46. The van der Waals surface area contributed by atoms with E-state index in [9.17, 15) is 4.79 Å². The van der Waals surface area contributed by atoms with Crippen molar-refractivity contribution in [2.45, 2.75) is 19.9 Å². The van der Waals surface area contributed by atoms with Crippen LogP contribution in [-0.2, 0) is 4.79 Å². The highest BCUT2D eigenvalue weighted by Crippen LogP contribution is 2.01. The number of carbonyl (C=O) groups is 1. The molecular formula is C7H16N2O2. The molecule has 0 radical (unpaired) electrons. The monoisotopic (exact) mass is 160 g/mol. The van der Waals surface area contributed by atoms with E-state index in [4.69, 9.17) is 5.11 Å². The van der Waals surface area contributed by atoms with Gasteiger partial charge < -0.3 is 5.11 Å². The molecule has 4 heteroatoms. The summed E-state index contributed by atoms with van der Waals surface area (Å²) in [7, 11) is 3.55. The lowest BCUT2D eigenvalue weighted by Gasteiger charge is -2.22. The minimum absolute atomic E-state index is 0.0925. The van der Waals surface area contributed by atoms with E-state index < -0.39 is 12.0 Å². The Labute approximate surface area is 67.2 Å². The maximum atomic E-state index is 10.6. The number of nitrogens with zero attached hydrogens (tertiary/aromatic N) is 1. The molecule has 0 bridgehead atoms. The van der Waals surface area contributed by atoms with Crippen LogP contribution in [0.25, 0.3) is 0 Å². The van der Waals surface area contributed by atoms with E-state index in [0.29, 0.717) is 0 Å². The highest BCUT2D eigenvalue weighted by Gasteiger charge is 2.20. The lowest BCUT2D eigenvalue weighted by atomic mass is 10.1. The molecule has 0 rings (SSSR count). The molecule has 0 aliphatic heterocycles. The molecule has 4 nitrogen and oxygen atoms in total. The largest absolute Gasteiger partial charge is 0.480 e. The van der Waals surface area contributed by atoms with Crippen LogP contribution in [0.3, 0.4) is 0 Å². The fraction of sp³-hybridized carbons (Fsp3) is 0.857. The summed E-state index contributed by atoms with van der Waals surface area (Å²) in [4.78, 5) is 10.6. The van der Waals surface area contributed by atoms with Gasteiger partial charge in [0.25, 0.3) is 0 Å². The van der Waals surface area contributed by atoms with Gasteiger partial charge in [0, 0.05) is 14.1 Å². The Kier molecular flexibility index (Phi) is 4.07. The van der Waals surface area contributed by atoms with E-state index in [1.165, 1.54) is 0 Å². The highest BCUT2D eigenvalue weighted by molar-refractivity contribution is 5.73. The van der Waals surface area contributed by atoms with Crippen LogP contribution in [-0.4, -0.2) is 36.2 Å². The van der Waals surface area contributed by atoms with E-state index >= 15 is 0 Å². The molecule has 0 spiro atoms. The number of carboxylic acid groups (broad SMARTS) is 1. The molecule has 0 aliphatic carbocycles. The van der Waals surface area contributed by atoms with Gasteiger partial charge in [-0.15, -0.1) is 0 Å². The topological polar surface area (TPSA) is 52.6 Å². The van der Waals surface area contributed by atoms with Crippen molar-refractivity contribution in [1.82, 2.24) is 10.4 Å². The normalized spacial score (nSPS) is 14.0. The van der Waals surface area contributed by atoms with Gasteiger partial charge in [-0.25, -0.2) is 10.4 Å². The van der Waals surface area contributed by atoms with Gasteiger partial charge >= 0.3 is 5.97 Å². The Morgan fingerprint density at radius 3 is 2.00 bits per heavy atom. The summed E-state index contributed by atoms with van der Waals surface area (Å²) in [6.45, 7) is 3.74. The van der Waals surface area contributed by atoms with Crippen molar-refractivity contribution >= 4 is 5.97 Å². The Bertz CT molecular complexity index is 134. The summed E-state index contributed by atoms with van der Waals surface area (Å²) in [6.07, 6.45) is 0. The molecule has 2 N–H and O–H groups in total. The Morgan fingerprint density at radius 1 is 1.45 bits per heavy atom. The third kappa shape index (κ3) is 3.95. The summed E-state index contributed by atoms with van der Waals surface area (Å²) in [5.41, 5.74) is 2.81. The van der Waals surface area contributed by atoms with Crippen molar-refractivity contribution in [3.05, 3.63) is 0 Å². The number of aliphatic carboxylic acids is 1. The van der Waals surface area contributed by atoms with Crippen LogP contribution in [0, 0.1) is 5.92 Å². The van der Waals surface area contributed by atoms with Crippen LogP contribution in [0.1, 0.15) is 13.8 Å². The fourth-order valence-electron chi connectivity index (χ4n) is 0.768. The summed E-state index contributed by atoms with van der Waals surface area (Å²) >= 11 is 0. The number of hydrazine groups is 1. The zero-order valence-electron chi connectivity index (χ0n) is 7.46. The lowest BCUT2D eigenvalue weighted by Crippen LogP contribution is -2.47. The Hall–Kier alpha value is -0.610. The molecule has 1 atom stereocenters. The molecule has 11 heavy (non-hydrogen) atoms. The number of rotatable bonds is 4. The number of nitrogens with one attached hydrogen (secondary N) is 1. The molecule has 66 valence electrons. The van der Waals surface area contributed by atoms with Crippen LogP contribution in [0.4, 0.5) is 0 Å². The summed E-state index contributed by atoms with van der Waals surface area (Å²) in [6, 6.07) is -0.495. The van der Waals surface area contributed by atoms with Crippen molar-refractivity contribution in [3.63, 3.8) is 0 Å². The highest BCUT2D eigenvalue weighted by atomic mass is 16.4. The number of hydrogen-bond acceptors (Lipinski definition) is 3. The molecule has 0 aliphatic rings. The third-order valence-electron chi connectivity index (χ3n) is 1.33. The molecule has 0 amide bonds. The van der Waals surface area contributed by atoms with Crippen molar-refractivity contribution in [3.8, 4) is 0 Å². The smallest absolute Gasteiger partial charge is 0.322 e. The first-order chi connectivity index (χ1) is 4.95. The van der Waals surface area contributed by atoms with Gasteiger partial charge in [-0.1, -0.05) is 13.8 Å². The first kappa shape index (κ1) is 10.4. The van der Waals surface area contributed by atoms with E-state index in [1.54, 1.807) is 19.1 Å². The lowest BCUT2D eigenvalue weighted by molar-refractivity contribution is -0.142. The van der Waals surface area contributed by atoms with Gasteiger partial charge in [0.2, 0.25) is 0 Å². The first-order valence-electron chi connectivity index (χ1n) is 3.61. The van der Waals surface area contributed by atoms with Crippen molar-refractivity contribution < 1.29 is 9.90 Å². The molecule has 0 fully saturated rings. The average molecular weight is 160 g/mol. The van der Waals surface area contributed by atoms with E-state index in [-0.39, 0.29) is 5.92 Å². The summed E-state index contributed by atoms with van der Waals surface area (Å²) in [5, 5.41) is 10.4. The average Bonchev–Trinajstić information content (AvgIpc) is 1.81. The molecular weight excluding hydrogens is 144 g/mol. The third-order valence-corrected chi connectivity index (χ3v) is 1.33. The molecule has 0 saturated heterocycles. The predicted molar refractivity (Wildman–Crippen MR) is 43.1 cm³/mol. The minimum Gasteiger partial charge on any atom is -0.480 e. The van der Waals surface area contributed by atoms with Crippen molar-refractivity contribution in [2.75, 3.05) is 14.1 Å². The molecule has 0 aromatic heterocycles. The van der Waals surface area contributed by atoms with Crippen LogP contribution in [0.2, 0.25) is 0 Å². The molecule has 0 heterocycles. The predicted octanol–water partition coefficient (Wildman–Crippen LogP) is 0.162. The van der Waals surface area contributed by atoms with Gasteiger partial charge in [-0.3, -0.25) is 4.79 Å². The minimum atomic E-state index is -0.811. The zero-order chi connectivity index (χ0) is 9.02. The first-order valence-corrected chi connectivity index (χ1v) is 3.61. The van der Waals surface area contributed by atoms with E-state index in [2.05, 4.69) is 5.43 Å². The second-order valence-corrected chi connectivity index (χ2v) is 3.08. The van der Waals surface area contributed by atoms with Gasteiger partial charge in [-0.05, 0) is 5.92 Å². The van der Waals surface area contributed by atoms with Crippen LogP contribution < -0.4 is 5.43 Å². The van der Waals surface area contributed by atoms with Crippen LogP contribution in [0.15, 0.2) is 0 Å². The molecule has 0 aromatic carbocycles. The maximum Gasteiger partial charge on any atom is 0.322 e.